The number of amides is 2. The number of nitrogens with one attached hydrogen (secondary N) is 1. The summed E-state index contributed by atoms with van der Waals surface area (Å²) in [6, 6.07) is 14.5. The van der Waals surface area contributed by atoms with Gasteiger partial charge in [-0.05, 0) is 30.7 Å². The van der Waals surface area contributed by atoms with Gasteiger partial charge in [0.15, 0.2) is 5.78 Å². The van der Waals surface area contributed by atoms with Crippen LogP contribution in [0.1, 0.15) is 26.3 Å². The average molecular weight is 406 g/mol. The number of rotatable bonds is 5. The van der Waals surface area contributed by atoms with Gasteiger partial charge in [-0.25, -0.2) is 0 Å². The molecule has 7 nitrogen and oxygen atoms in total. The van der Waals surface area contributed by atoms with Crippen molar-refractivity contribution >= 4 is 23.3 Å². The first-order valence-corrected chi connectivity index (χ1v) is 10.2. The highest BCUT2D eigenvalue weighted by atomic mass is 16.2. The Morgan fingerprint density at radius 2 is 1.67 bits per heavy atom. The molecule has 2 aromatic rings. The van der Waals surface area contributed by atoms with Crippen LogP contribution in [0.25, 0.3) is 0 Å². The Morgan fingerprint density at radius 3 is 2.43 bits per heavy atom. The Bertz CT molecular complexity index is 968. The lowest BCUT2D eigenvalue weighted by Crippen LogP contribution is -2.52. The summed E-state index contributed by atoms with van der Waals surface area (Å²) < 4.78 is 0. The fourth-order valence-corrected chi connectivity index (χ4v) is 4.01. The van der Waals surface area contributed by atoms with Crippen molar-refractivity contribution in [1.29, 1.82) is 0 Å². The molecule has 0 aliphatic carbocycles. The number of hydrogen-bond acceptors (Lipinski definition) is 5. The van der Waals surface area contributed by atoms with Crippen LogP contribution in [-0.2, 0) is 4.79 Å². The normalized spacial score (nSPS) is 17.0. The molecule has 0 radical (unpaired) electrons. The number of carbonyl (C=O) groups is 3. The predicted molar refractivity (Wildman–Crippen MR) is 115 cm³/mol. The van der Waals surface area contributed by atoms with E-state index >= 15 is 0 Å². The molecule has 2 aliphatic rings. The maximum absolute atomic E-state index is 13.3. The lowest BCUT2D eigenvalue weighted by atomic mass is 10.0. The van der Waals surface area contributed by atoms with Crippen LogP contribution in [0.15, 0.2) is 48.5 Å². The molecule has 2 heterocycles. The SMILES string of the molecule is Cc1ccccc1C(=O)N1CN(CC(=O)CN2CCNCC2)C(=O)c2ccccc21. The van der Waals surface area contributed by atoms with E-state index in [1.165, 1.54) is 4.90 Å². The van der Waals surface area contributed by atoms with Crippen LogP contribution in [-0.4, -0.2) is 73.3 Å². The zero-order valence-corrected chi connectivity index (χ0v) is 17.1. The summed E-state index contributed by atoms with van der Waals surface area (Å²) in [5, 5.41) is 3.26. The molecule has 1 saturated heterocycles. The number of carbonyl (C=O) groups excluding carboxylic acids is 3. The number of anilines is 1. The van der Waals surface area contributed by atoms with Gasteiger partial charge in [0, 0.05) is 31.7 Å². The van der Waals surface area contributed by atoms with Gasteiger partial charge in [-0.1, -0.05) is 30.3 Å². The van der Waals surface area contributed by atoms with Gasteiger partial charge in [-0.3, -0.25) is 24.2 Å². The lowest BCUT2D eigenvalue weighted by Gasteiger charge is -2.37. The van der Waals surface area contributed by atoms with E-state index in [1.54, 1.807) is 29.2 Å². The Hall–Kier alpha value is -3.03. The van der Waals surface area contributed by atoms with Gasteiger partial charge >= 0.3 is 0 Å². The molecule has 0 bridgehead atoms. The zero-order chi connectivity index (χ0) is 21.1. The van der Waals surface area contributed by atoms with Gasteiger partial charge < -0.3 is 10.2 Å². The van der Waals surface area contributed by atoms with E-state index in [-0.39, 0.29) is 30.8 Å². The summed E-state index contributed by atoms with van der Waals surface area (Å²) in [5.41, 5.74) is 2.49. The van der Waals surface area contributed by atoms with Gasteiger partial charge in [0.1, 0.15) is 6.67 Å². The van der Waals surface area contributed by atoms with E-state index in [2.05, 4.69) is 10.2 Å². The number of para-hydroxylation sites is 1. The molecular weight excluding hydrogens is 380 g/mol. The topological polar surface area (TPSA) is 73.0 Å². The highest BCUT2D eigenvalue weighted by molar-refractivity contribution is 6.13. The molecule has 30 heavy (non-hydrogen) atoms. The predicted octanol–water partition coefficient (Wildman–Crippen LogP) is 1.53. The first-order valence-electron chi connectivity index (χ1n) is 10.2. The average Bonchev–Trinajstić information content (AvgIpc) is 2.76. The smallest absolute Gasteiger partial charge is 0.260 e. The monoisotopic (exact) mass is 406 g/mol. The maximum atomic E-state index is 13.3. The molecule has 0 spiro atoms. The van der Waals surface area contributed by atoms with Crippen molar-refractivity contribution in [2.24, 2.45) is 0 Å². The molecule has 0 saturated carbocycles. The largest absolute Gasteiger partial charge is 0.314 e. The third-order valence-electron chi connectivity index (χ3n) is 5.62. The van der Waals surface area contributed by atoms with Crippen molar-refractivity contribution in [2.75, 3.05) is 50.8 Å². The van der Waals surface area contributed by atoms with E-state index in [0.29, 0.717) is 23.4 Å². The third kappa shape index (κ3) is 4.13. The maximum Gasteiger partial charge on any atom is 0.260 e. The number of piperazine rings is 1. The Balaban J connectivity index is 1.56. The highest BCUT2D eigenvalue weighted by Crippen LogP contribution is 2.29. The molecule has 4 rings (SSSR count). The molecule has 0 unspecified atom stereocenters. The fraction of sp³-hybridized carbons (Fsp3) is 0.348. The van der Waals surface area contributed by atoms with Gasteiger partial charge in [-0.2, -0.15) is 0 Å². The van der Waals surface area contributed by atoms with E-state index in [0.717, 1.165) is 31.7 Å². The highest BCUT2D eigenvalue weighted by Gasteiger charge is 2.34. The molecule has 0 atom stereocenters. The Morgan fingerprint density at radius 1 is 0.967 bits per heavy atom. The number of nitrogens with zero attached hydrogens (tertiary/aromatic N) is 3. The summed E-state index contributed by atoms with van der Waals surface area (Å²) in [7, 11) is 0. The van der Waals surface area contributed by atoms with Crippen LogP contribution in [0.2, 0.25) is 0 Å². The first-order chi connectivity index (χ1) is 14.5. The number of ketones is 1. The molecule has 7 heteroatoms. The van der Waals surface area contributed by atoms with Crippen molar-refractivity contribution < 1.29 is 14.4 Å². The molecule has 2 aromatic carbocycles. The van der Waals surface area contributed by atoms with Gasteiger partial charge in [0.2, 0.25) is 0 Å². The minimum absolute atomic E-state index is 0.00531. The Labute approximate surface area is 176 Å². The van der Waals surface area contributed by atoms with Crippen LogP contribution in [0.3, 0.4) is 0 Å². The fourth-order valence-electron chi connectivity index (χ4n) is 4.01. The lowest BCUT2D eigenvalue weighted by molar-refractivity contribution is -0.121. The van der Waals surface area contributed by atoms with Crippen molar-refractivity contribution in [2.45, 2.75) is 6.92 Å². The first kappa shape index (κ1) is 20.3. The van der Waals surface area contributed by atoms with Crippen LogP contribution in [0.4, 0.5) is 5.69 Å². The third-order valence-corrected chi connectivity index (χ3v) is 5.62. The molecule has 2 aliphatic heterocycles. The summed E-state index contributed by atoms with van der Waals surface area (Å²) in [5.74, 6) is -0.409. The number of fused-ring (bicyclic) bond motifs is 1. The molecular formula is C23H26N4O3. The van der Waals surface area contributed by atoms with E-state index < -0.39 is 0 Å². The second-order valence-corrected chi connectivity index (χ2v) is 7.77. The quantitative estimate of drug-likeness (QED) is 0.815. The van der Waals surface area contributed by atoms with Crippen LogP contribution in [0.5, 0.6) is 0 Å². The van der Waals surface area contributed by atoms with Gasteiger partial charge in [0.05, 0.1) is 24.3 Å². The van der Waals surface area contributed by atoms with Crippen LogP contribution in [0, 0.1) is 6.92 Å². The van der Waals surface area contributed by atoms with Crippen LogP contribution < -0.4 is 10.2 Å². The summed E-state index contributed by atoms with van der Waals surface area (Å²) in [6.45, 7) is 5.64. The second kappa shape index (κ2) is 8.77. The van der Waals surface area contributed by atoms with E-state index in [4.69, 9.17) is 0 Å². The van der Waals surface area contributed by atoms with Gasteiger partial charge in [0.25, 0.3) is 11.8 Å². The molecule has 1 N–H and O–H groups in total. The summed E-state index contributed by atoms with van der Waals surface area (Å²) >= 11 is 0. The zero-order valence-electron chi connectivity index (χ0n) is 17.1. The minimum atomic E-state index is -0.215. The number of hydrogen-bond donors (Lipinski definition) is 1. The summed E-state index contributed by atoms with van der Waals surface area (Å²) in [4.78, 5) is 44.2. The second-order valence-electron chi connectivity index (χ2n) is 7.77. The Kier molecular flexibility index (Phi) is 5.92. The van der Waals surface area contributed by atoms with Crippen molar-refractivity contribution in [1.82, 2.24) is 15.1 Å². The number of aryl methyl sites for hydroxylation is 1. The van der Waals surface area contributed by atoms with E-state index in [9.17, 15) is 14.4 Å². The molecule has 1 fully saturated rings. The number of Topliss-reactive ketones (excluding diaryl/α,β-unsaturated/α-hetero) is 1. The van der Waals surface area contributed by atoms with Crippen molar-refractivity contribution in [3.05, 3.63) is 65.2 Å². The molecule has 0 aromatic heterocycles. The summed E-state index contributed by atoms with van der Waals surface area (Å²) in [6.07, 6.45) is 0. The standard InChI is InChI=1S/C23H26N4O3/c1-17-6-2-3-7-19(17)23(30)27-16-26(22(29)20-8-4-5-9-21(20)27)15-18(28)14-25-12-10-24-11-13-25/h2-9,24H,10-16H2,1H3. The van der Waals surface area contributed by atoms with Gasteiger partial charge in [-0.15, -0.1) is 0 Å². The van der Waals surface area contributed by atoms with E-state index in [1.807, 2.05) is 31.2 Å². The van der Waals surface area contributed by atoms with Crippen LogP contribution >= 0.6 is 0 Å². The molecule has 156 valence electrons. The number of benzene rings is 2. The molecule has 2 amide bonds. The van der Waals surface area contributed by atoms with Crippen molar-refractivity contribution in [3.63, 3.8) is 0 Å². The minimum Gasteiger partial charge on any atom is -0.314 e. The van der Waals surface area contributed by atoms with Crippen molar-refractivity contribution in [3.8, 4) is 0 Å².